The molecule has 0 aliphatic carbocycles. The molecule has 0 radical (unpaired) electrons. The largest absolute Gasteiger partial charge is 0.397 e. The normalized spacial score (nSPS) is 10.3. The molecule has 0 fully saturated rings. The van der Waals surface area contributed by atoms with Gasteiger partial charge >= 0.3 is 0 Å². The van der Waals surface area contributed by atoms with Gasteiger partial charge < -0.3 is 16.0 Å². The van der Waals surface area contributed by atoms with E-state index in [4.69, 9.17) is 17.3 Å². The summed E-state index contributed by atoms with van der Waals surface area (Å²) in [6.07, 6.45) is 0. The van der Waals surface area contributed by atoms with Crippen LogP contribution in [0.4, 0.5) is 21.5 Å². The minimum absolute atomic E-state index is 0.0130. The molecule has 2 aromatic rings. The molecule has 0 saturated carbocycles. The van der Waals surface area contributed by atoms with Crippen molar-refractivity contribution in [2.45, 2.75) is 0 Å². The molecule has 0 bridgehead atoms. The Morgan fingerprint density at radius 1 is 1.24 bits per heavy atom. The van der Waals surface area contributed by atoms with Gasteiger partial charge in [-0.1, -0.05) is 17.7 Å². The maximum absolute atomic E-state index is 13.9. The van der Waals surface area contributed by atoms with Gasteiger partial charge in [-0.25, -0.2) is 4.39 Å². The van der Waals surface area contributed by atoms with Crippen molar-refractivity contribution in [2.24, 2.45) is 0 Å². The fourth-order valence-electron chi connectivity index (χ4n) is 1.80. The molecule has 0 aliphatic heterocycles. The van der Waals surface area contributed by atoms with Gasteiger partial charge in [-0.2, -0.15) is 0 Å². The molecule has 0 saturated heterocycles. The summed E-state index contributed by atoms with van der Waals surface area (Å²) < 4.78 is 13.9. The highest BCUT2D eigenvalue weighted by molar-refractivity contribution is 6.31. The van der Waals surface area contributed by atoms with E-state index < -0.39 is 5.82 Å². The van der Waals surface area contributed by atoms with Crippen LogP contribution in [0.2, 0.25) is 5.02 Å². The summed E-state index contributed by atoms with van der Waals surface area (Å²) in [6, 6.07) is 9.42. The monoisotopic (exact) mass is 307 g/mol. The number of halogens is 2. The Balaban J connectivity index is 2.38. The van der Waals surface area contributed by atoms with Gasteiger partial charge in [-0.15, -0.1) is 0 Å². The van der Waals surface area contributed by atoms with E-state index in [0.717, 1.165) is 0 Å². The maximum atomic E-state index is 13.9. The fraction of sp³-hybridized carbons (Fsp3) is 0.133. The first-order chi connectivity index (χ1) is 9.90. The molecule has 110 valence electrons. The van der Waals surface area contributed by atoms with E-state index in [-0.39, 0.29) is 16.6 Å². The molecule has 0 aliphatic rings. The van der Waals surface area contributed by atoms with Crippen LogP contribution in [-0.4, -0.2) is 24.9 Å². The van der Waals surface area contributed by atoms with E-state index in [1.807, 2.05) is 0 Å². The van der Waals surface area contributed by atoms with Gasteiger partial charge in [0.1, 0.15) is 0 Å². The molecule has 3 N–H and O–H groups in total. The Bertz CT molecular complexity index is 689. The lowest BCUT2D eigenvalue weighted by Crippen LogP contribution is -2.21. The van der Waals surface area contributed by atoms with Crippen molar-refractivity contribution in [2.75, 3.05) is 25.1 Å². The van der Waals surface area contributed by atoms with Crippen LogP contribution < -0.4 is 11.1 Å². The zero-order valence-electron chi connectivity index (χ0n) is 11.7. The Hall–Kier alpha value is -2.27. The number of carbonyl (C=O) groups is 1. The summed E-state index contributed by atoms with van der Waals surface area (Å²) in [4.78, 5) is 13.4. The van der Waals surface area contributed by atoms with E-state index in [1.54, 1.807) is 44.4 Å². The molecule has 0 unspecified atom stereocenters. The molecule has 0 atom stereocenters. The summed E-state index contributed by atoms with van der Waals surface area (Å²) in [5, 5.41) is 2.87. The van der Waals surface area contributed by atoms with Crippen LogP contribution in [-0.2, 0) is 0 Å². The lowest BCUT2D eigenvalue weighted by Gasteiger charge is -2.14. The quantitative estimate of drug-likeness (QED) is 0.853. The van der Waals surface area contributed by atoms with Gasteiger partial charge in [0.2, 0.25) is 0 Å². The highest BCUT2D eigenvalue weighted by Gasteiger charge is 2.12. The number of nitrogens with one attached hydrogen (secondary N) is 1. The second-order valence-electron chi connectivity index (χ2n) is 4.73. The van der Waals surface area contributed by atoms with Gasteiger partial charge in [-0.05, 0) is 30.3 Å². The van der Waals surface area contributed by atoms with E-state index in [1.165, 1.54) is 11.0 Å². The van der Waals surface area contributed by atoms with Crippen LogP contribution in [0.15, 0.2) is 36.4 Å². The third kappa shape index (κ3) is 3.25. The summed E-state index contributed by atoms with van der Waals surface area (Å²) in [5.74, 6) is -0.729. The summed E-state index contributed by atoms with van der Waals surface area (Å²) in [5.41, 5.74) is 7.37. The molecule has 21 heavy (non-hydrogen) atoms. The average Bonchev–Trinajstić information content (AvgIpc) is 2.45. The predicted octanol–water partition coefficient (Wildman–Crippen LogP) is 3.51. The summed E-state index contributed by atoms with van der Waals surface area (Å²) >= 11 is 5.74. The van der Waals surface area contributed by atoms with Crippen LogP contribution >= 0.6 is 11.6 Å². The van der Waals surface area contributed by atoms with Crippen LogP contribution in [0.3, 0.4) is 0 Å². The maximum Gasteiger partial charge on any atom is 0.253 e. The van der Waals surface area contributed by atoms with Crippen molar-refractivity contribution in [1.82, 2.24) is 4.90 Å². The first-order valence-corrected chi connectivity index (χ1v) is 6.60. The number of hydrogen-bond donors (Lipinski definition) is 2. The van der Waals surface area contributed by atoms with Gasteiger partial charge in [-0.3, -0.25) is 4.79 Å². The summed E-state index contributed by atoms with van der Waals surface area (Å²) in [7, 11) is 3.31. The van der Waals surface area contributed by atoms with Crippen molar-refractivity contribution in [3.8, 4) is 0 Å². The highest BCUT2D eigenvalue weighted by atomic mass is 35.5. The van der Waals surface area contributed by atoms with Crippen LogP contribution in [0.5, 0.6) is 0 Å². The van der Waals surface area contributed by atoms with E-state index >= 15 is 0 Å². The van der Waals surface area contributed by atoms with Crippen molar-refractivity contribution < 1.29 is 9.18 Å². The standard InChI is InChI=1S/C15H15ClFN3O/c1-20(2)15(21)9-6-7-11(18)13(8-9)19-12-5-3-4-10(16)14(12)17/h3-8,19H,18H2,1-2H3. The number of benzene rings is 2. The molecule has 0 aromatic heterocycles. The molecule has 2 aromatic carbocycles. The Morgan fingerprint density at radius 2 is 1.95 bits per heavy atom. The second-order valence-corrected chi connectivity index (χ2v) is 5.14. The third-order valence-corrected chi connectivity index (χ3v) is 3.22. The van der Waals surface area contributed by atoms with Gasteiger partial charge in [0.05, 0.1) is 22.1 Å². The predicted molar refractivity (Wildman–Crippen MR) is 83.6 cm³/mol. The van der Waals surface area contributed by atoms with Crippen LogP contribution in [0.1, 0.15) is 10.4 Å². The lowest BCUT2D eigenvalue weighted by atomic mass is 10.1. The van der Waals surface area contributed by atoms with Gasteiger partial charge in [0.15, 0.2) is 5.82 Å². The zero-order chi connectivity index (χ0) is 15.6. The molecule has 0 heterocycles. The Kier molecular flexibility index (Phi) is 4.33. The number of rotatable bonds is 3. The molecular formula is C15H15ClFN3O. The zero-order valence-corrected chi connectivity index (χ0v) is 12.4. The number of hydrogen-bond acceptors (Lipinski definition) is 3. The number of carbonyl (C=O) groups excluding carboxylic acids is 1. The fourth-order valence-corrected chi connectivity index (χ4v) is 1.98. The minimum atomic E-state index is -0.567. The lowest BCUT2D eigenvalue weighted by molar-refractivity contribution is 0.0827. The summed E-state index contributed by atoms with van der Waals surface area (Å²) in [6.45, 7) is 0. The van der Waals surface area contributed by atoms with Crippen molar-refractivity contribution in [1.29, 1.82) is 0 Å². The third-order valence-electron chi connectivity index (χ3n) is 2.93. The minimum Gasteiger partial charge on any atom is -0.397 e. The highest BCUT2D eigenvalue weighted by Crippen LogP contribution is 2.29. The number of amides is 1. The number of anilines is 3. The molecule has 6 heteroatoms. The van der Waals surface area contributed by atoms with E-state index in [2.05, 4.69) is 5.32 Å². The molecule has 1 amide bonds. The molecule has 0 spiro atoms. The van der Waals surface area contributed by atoms with E-state index in [0.29, 0.717) is 16.9 Å². The van der Waals surface area contributed by atoms with Crippen molar-refractivity contribution in [3.05, 3.63) is 52.8 Å². The Morgan fingerprint density at radius 3 is 2.62 bits per heavy atom. The number of nitrogens with two attached hydrogens (primary N) is 1. The average molecular weight is 308 g/mol. The number of nitrogens with zero attached hydrogens (tertiary/aromatic N) is 1. The van der Waals surface area contributed by atoms with Gasteiger partial charge in [0, 0.05) is 19.7 Å². The Labute approximate surface area is 127 Å². The smallest absolute Gasteiger partial charge is 0.253 e. The molecule has 4 nitrogen and oxygen atoms in total. The first kappa shape index (κ1) is 15.1. The van der Waals surface area contributed by atoms with E-state index in [9.17, 15) is 9.18 Å². The van der Waals surface area contributed by atoms with Crippen LogP contribution in [0.25, 0.3) is 0 Å². The van der Waals surface area contributed by atoms with Crippen molar-refractivity contribution in [3.63, 3.8) is 0 Å². The topological polar surface area (TPSA) is 58.4 Å². The second kappa shape index (κ2) is 6.01. The SMILES string of the molecule is CN(C)C(=O)c1ccc(N)c(Nc2cccc(Cl)c2F)c1. The number of nitrogen functional groups attached to an aromatic ring is 1. The van der Waals surface area contributed by atoms with Gasteiger partial charge in [0.25, 0.3) is 5.91 Å². The first-order valence-electron chi connectivity index (χ1n) is 6.22. The molecular weight excluding hydrogens is 293 g/mol. The van der Waals surface area contributed by atoms with Crippen LogP contribution in [0, 0.1) is 5.82 Å². The van der Waals surface area contributed by atoms with Crippen molar-refractivity contribution >= 4 is 34.6 Å². The molecule has 2 rings (SSSR count).